The summed E-state index contributed by atoms with van der Waals surface area (Å²) < 4.78 is 1.37. The Hall–Kier alpha value is -7.26. The standard InChI is InChI=1S/C58H41NS/c1-2-10-40(11-3-1)41-20-22-42(23-21-41)43-24-31-50(32-25-43)59(52-35-28-45(29-36-52)48-30-37-58-56(39-48)55-17-6-7-19-57(55)60-58)51-33-26-44(27-34-51)47-14-8-15-49(38-47)54-18-9-13-46-12-4-5-16-53(46)54/h1-6,8-18,20-39H,7,19H2. The van der Waals surface area contributed by atoms with Crippen molar-refractivity contribution in [1.29, 1.82) is 0 Å². The Morgan fingerprint density at radius 2 is 0.850 bits per heavy atom. The molecule has 1 aromatic heterocycles. The topological polar surface area (TPSA) is 3.24 Å². The molecule has 1 aliphatic rings. The highest BCUT2D eigenvalue weighted by molar-refractivity contribution is 7.19. The molecule has 0 N–H and O–H groups in total. The van der Waals surface area contributed by atoms with E-state index in [2.05, 4.69) is 229 Å². The second kappa shape index (κ2) is 15.5. The van der Waals surface area contributed by atoms with Gasteiger partial charge >= 0.3 is 0 Å². The quantitative estimate of drug-likeness (QED) is 0.148. The van der Waals surface area contributed by atoms with Crippen LogP contribution in [0.4, 0.5) is 17.1 Å². The van der Waals surface area contributed by atoms with Gasteiger partial charge in [0.15, 0.2) is 0 Å². The molecule has 284 valence electrons. The minimum atomic E-state index is 1.11. The zero-order chi connectivity index (χ0) is 39.8. The van der Waals surface area contributed by atoms with Crippen molar-refractivity contribution in [2.45, 2.75) is 12.8 Å². The number of benzene rings is 9. The summed E-state index contributed by atoms with van der Waals surface area (Å²) in [5.74, 6) is 0. The Bertz CT molecular complexity index is 3150. The minimum Gasteiger partial charge on any atom is -0.311 e. The fraction of sp³-hybridized carbons (Fsp3) is 0.0345. The molecule has 10 aromatic rings. The van der Waals surface area contributed by atoms with Crippen LogP contribution in [-0.2, 0) is 6.42 Å². The van der Waals surface area contributed by atoms with E-state index in [1.807, 2.05) is 11.3 Å². The molecule has 0 aliphatic heterocycles. The maximum atomic E-state index is 2.38. The molecule has 0 bridgehead atoms. The van der Waals surface area contributed by atoms with E-state index in [9.17, 15) is 0 Å². The van der Waals surface area contributed by atoms with Crippen molar-refractivity contribution >= 4 is 55.3 Å². The minimum absolute atomic E-state index is 1.11. The average Bonchev–Trinajstić information content (AvgIpc) is 3.71. The van der Waals surface area contributed by atoms with Crippen LogP contribution in [0.15, 0.2) is 218 Å². The second-order valence-electron chi connectivity index (χ2n) is 15.6. The van der Waals surface area contributed by atoms with E-state index in [1.54, 1.807) is 0 Å². The number of nitrogens with zero attached hydrogens (tertiary/aromatic N) is 1. The molecule has 0 amide bonds. The lowest BCUT2D eigenvalue weighted by atomic mass is 9.95. The fourth-order valence-corrected chi connectivity index (χ4v) is 10.0. The van der Waals surface area contributed by atoms with Crippen molar-refractivity contribution in [2.24, 2.45) is 0 Å². The van der Waals surface area contributed by atoms with Crippen molar-refractivity contribution in [3.8, 4) is 55.6 Å². The molecule has 0 unspecified atom stereocenters. The Morgan fingerprint density at radius 3 is 1.52 bits per heavy atom. The average molecular weight is 784 g/mol. The van der Waals surface area contributed by atoms with Crippen molar-refractivity contribution in [3.63, 3.8) is 0 Å². The van der Waals surface area contributed by atoms with Gasteiger partial charge in [-0.15, -0.1) is 11.3 Å². The van der Waals surface area contributed by atoms with Gasteiger partial charge in [-0.05, 0) is 139 Å². The van der Waals surface area contributed by atoms with Crippen molar-refractivity contribution in [3.05, 3.63) is 229 Å². The van der Waals surface area contributed by atoms with Gasteiger partial charge in [0.1, 0.15) is 0 Å². The lowest BCUT2D eigenvalue weighted by molar-refractivity contribution is 1.02. The smallest absolute Gasteiger partial charge is 0.0462 e. The highest BCUT2D eigenvalue weighted by Crippen LogP contribution is 2.41. The summed E-state index contributed by atoms with van der Waals surface area (Å²) in [5.41, 5.74) is 16.9. The molecule has 0 fully saturated rings. The van der Waals surface area contributed by atoms with E-state index < -0.39 is 0 Å². The van der Waals surface area contributed by atoms with Crippen LogP contribution in [-0.4, -0.2) is 0 Å². The predicted molar refractivity (Wildman–Crippen MR) is 259 cm³/mol. The molecular formula is C58H41NS. The Balaban J connectivity index is 0.934. The predicted octanol–water partition coefficient (Wildman–Crippen LogP) is 16.8. The molecular weight excluding hydrogens is 743 g/mol. The van der Waals surface area contributed by atoms with Gasteiger partial charge in [0, 0.05) is 32.0 Å². The monoisotopic (exact) mass is 783 g/mol. The summed E-state index contributed by atoms with van der Waals surface area (Å²) in [4.78, 5) is 3.88. The third-order valence-electron chi connectivity index (χ3n) is 12.0. The SMILES string of the molecule is C1=Cc2c(sc3ccc(-c4ccc(N(c5ccc(-c6ccc(-c7ccccc7)cc6)cc5)c5ccc(-c6cccc(-c7cccc8ccccc78)c6)cc5)cc4)cc23)CC1. The van der Waals surface area contributed by atoms with E-state index in [1.165, 1.54) is 86.9 Å². The molecule has 11 rings (SSSR count). The fourth-order valence-electron chi connectivity index (χ4n) is 8.82. The molecule has 9 aromatic carbocycles. The van der Waals surface area contributed by atoms with Crippen LogP contribution in [0.1, 0.15) is 16.9 Å². The van der Waals surface area contributed by atoms with Crippen LogP contribution in [0.3, 0.4) is 0 Å². The van der Waals surface area contributed by atoms with E-state index in [4.69, 9.17) is 0 Å². The number of hydrogen-bond donors (Lipinski definition) is 0. The first kappa shape index (κ1) is 35.9. The van der Waals surface area contributed by atoms with Gasteiger partial charge in [0.2, 0.25) is 0 Å². The zero-order valence-corrected chi connectivity index (χ0v) is 33.9. The van der Waals surface area contributed by atoms with Gasteiger partial charge < -0.3 is 4.90 Å². The molecule has 0 spiro atoms. The first-order valence-electron chi connectivity index (χ1n) is 20.8. The van der Waals surface area contributed by atoms with Crippen molar-refractivity contribution in [2.75, 3.05) is 4.90 Å². The number of aryl methyl sites for hydroxylation is 1. The summed E-state index contributed by atoms with van der Waals surface area (Å²) in [5, 5.41) is 3.89. The van der Waals surface area contributed by atoms with Gasteiger partial charge in [-0.3, -0.25) is 0 Å². The van der Waals surface area contributed by atoms with Gasteiger partial charge in [-0.25, -0.2) is 0 Å². The first-order valence-corrected chi connectivity index (χ1v) is 21.6. The van der Waals surface area contributed by atoms with E-state index in [-0.39, 0.29) is 0 Å². The van der Waals surface area contributed by atoms with Crippen molar-refractivity contribution in [1.82, 2.24) is 0 Å². The van der Waals surface area contributed by atoms with Crippen LogP contribution >= 0.6 is 11.3 Å². The number of anilines is 3. The largest absolute Gasteiger partial charge is 0.311 e. The summed E-state index contributed by atoms with van der Waals surface area (Å²) in [6.07, 6.45) is 6.91. The summed E-state index contributed by atoms with van der Waals surface area (Å²) in [7, 11) is 0. The molecule has 60 heavy (non-hydrogen) atoms. The first-order chi connectivity index (χ1) is 29.7. The third kappa shape index (κ3) is 6.81. The Kier molecular flexibility index (Phi) is 9.26. The van der Waals surface area contributed by atoms with Crippen molar-refractivity contribution < 1.29 is 0 Å². The maximum absolute atomic E-state index is 2.38. The van der Waals surface area contributed by atoms with Crippen LogP contribution in [0.5, 0.6) is 0 Å². The van der Waals surface area contributed by atoms with Gasteiger partial charge in [-0.1, -0.05) is 170 Å². The lowest BCUT2D eigenvalue weighted by Gasteiger charge is -2.26. The van der Waals surface area contributed by atoms with E-state index in [0.29, 0.717) is 0 Å². The van der Waals surface area contributed by atoms with Gasteiger partial charge in [-0.2, -0.15) is 0 Å². The highest BCUT2D eigenvalue weighted by Gasteiger charge is 2.16. The molecule has 1 nitrogen and oxygen atoms in total. The number of allylic oxidation sites excluding steroid dienone is 1. The molecule has 1 aliphatic carbocycles. The molecule has 2 heteroatoms. The normalized spacial score (nSPS) is 12.1. The van der Waals surface area contributed by atoms with Crippen LogP contribution in [0.25, 0.3) is 82.6 Å². The number of thiophene rings is 1. The number of hydrogen-bond acceptors (Lipinski definition) is 2. The van der Waals surface area contributed by atoms with Gasteiger partial charge in [0.25, 0.3) is 0 Å². The van der Waals surface area contributed by atoms with E-state index in [0.717, 1.165) is 29.9 Å². The lowest BCUT2D eigenvalue weighted by Crippen LogP contribution is -2.09. The van der Waals surface area contributed by atoms with Crippen LogP contribution in [0, 0.1) is 0 Å². The van der Waals surface area contributed by atoms with Gasteiger partial charge in [0.05, 0.1) is 0 Å². The molecule has 0 radical (unpaired) electrons. The van der Waals surface area contributed by atoms with Crippen LogP contribution in [0.2, 0.25) is 0 Å². The summed E-state index contributed by atoms with van der Waals surface area (Å²) in [6.45, 7) is 0. The maximum Gasteiger partial charge on any atom is 0.0462 e. The number of rotatable bonds is 8. The summed E-state index contributed by atoms with van der Waals surface area (Å²) >= 11 is 1.95. The summed E-state index contributed by atoms with van der Waals surface area (Å²) in [6, 6.07) is 77.6. The molecule has 0 saturated heterocycles. The number of fused-ring (bicyclic) bond motifs is 4. The molecule has 0 saturated carbocycles. The Morgan fingerprint density at radius 1 is 0.367 bits per heavy atom. The Labute approximate surface area is 355 Å². The third-order valence-corrected chi connectivity index (χ3v) is 13.2. The van der Waals surface area contributed by atoms with E-state index >= 15 is 0 Å². The molecule has 0 atom stereocenters. The van der Waals surface area contributed by atoms with Crippen LogP contribution < -0.4 is 4.90 Å². The highest BCUT2D eigenvalue weighted by atomic mass is 32.1. The second-order valence-corrected chi connectivity index (χ2v) is 16.8. The molecule has 1 heterocycles. The zero-order valence-electron chi connectivity index (χ0n) is 33.1.